The van der Waals surface area contributed by atoms with E-state index in [0.29, 0.717) is 66.0 Å². The van der Waals surface area contributed by atoms with Crippen molar-refractivity contribution in [1.82, 2.24) is 30.9 Å². The summed E-state index contributed by atoms with van der Waals surface area (Å²) in [5.41, 5.74) is 7.70. The fourth-order valence-electron chi connectivity index (χ4n) is 5.82. The number of carbonyl (C=O) groups is 3. The Bertz CT molecular complexity index is 1750. The first-order valence-corrected chi connectivity index (χ1v) is 16.2. The quantitative estimate of drug-likeness (QED) is 0.199. The highest BCUT2D eigenvalue weighted by atomic mass is 19.4. The molecule has 5 rings (SSSR count). The van der Waals surface area contributed by atoms with Crippen LogP contribution in [-0.4, -0.2) is 61.7 Å². The lowest BCUT2D eigenvalue weighted by Crippen LogP contribution is -2.50. The van der Waals surface area contributed by atoms with Crippen molar-refractivity contribution in [3.05, 3.63) is 78.1 Å². The van der Waals surface area contributed by atoms with Gasteiger partial charge in [-0.25, -0.2) is 9.69 Å². The number of imide groups is 1. The van der Waals surface area contributed by atoms with Gasteiger partial charge in [-0.05, 0) is 105 Å². The van der Waals surface area contributed by atoms with Gasteiger partial charge < -0.3 is 15.8 Å². The van der Waals surface area contributed by atoms with Gasteiger partial charge in [-0.2, -0.15) is 18.4 Å². The second-order valence-corrected chi connectivity index (χ2v) is 13.3. The molecular weight excluding hydrogens is 653 g/mol. The molecular formula is C35H39F3N8O4. The zero-order valence-electron chi connectivity index (χ0n) is 27.9. The number of aromatic amines is 1. The molecule has 0 bridgehead atoms. The Kier molecular flexibility index (Phi) is 10.9. The molecule has 0 radical (unpaired) electrons. The number of amides is 3. The van der Waals surface area contributed by atoms with Crippen LogP contribution >= 0.6 is 0 Å². The third-order valence-corrected chi connectivity index (χ3v) is 8.41. The fraction of sp³-hybridized carbons (Fsp3) is 0.400. The van der Waals surface area contributed by atoms with E-state index >= 15 is 0 Å². The Labute approximate surface area is 287 Å². The van der Waals surface area contributed by atoms with Crippen LogP contribution in [-0.2, 0) is 26.9 Å². The molecule has 1 saturated carbocycles. The summed E-state index contributed by atoms with van der Waals surface area (Å²) in [5.74, 6) is -0.856. The number of alkyl halides is 3. The molecule has 1 aliphatic rings. The largest absolute Gasteiger partial charge is 0.444 e. The number of rotatable bonds is 9. The second-order valence-electron chi connectivity index (χ2n) is 13.3. The van der Waals surface area contributed by atoms with Gasteiger partial charge in [0.05, 0.1) is 11.7 Å². The predicted molar refractivity (Wildman–Crippen MR) is 178 cm³/mol. The monoisotopic (exact) mass is 692 g/mol. The molecule has 264 valence electrons. The van der Waals surface area contributed by atoms with Gasteiger partial charge in [-0.1, -0.05) is 30.3 Å². The number of carbonyl (C=O) groups excluding carboxylic acids is 3. The van der Waals surface area contributed by atoms with Crippen molar-refractivity contribution in [2.24, 2.45) is 17.6 Å². The normalized spacial score (nSPS) is 17.1. The smallest absolute Gasteiger partial charge is 0.433 e. The number of benzene rings is 2. The van der Waals surface area contributed by atoms with E-state index in [2.05, 4.69) is 30.9 Å². The molecule has 0 unspecified atom stereocenters. The first-order chi connectivity index (χ1) is 23.7. The molecule has 15 heteroatoms. The van der Waals surface area contributed by atoms with E-state index in [1.165, 1.54) is 6.07 Å². The van der Waals surface area contributed by atoms with Crippen LogP contribution in [0, 0.1) is 11.8 Å². The van der Waals surface area contributed by atoms with E-state index in [0.717, 1.165) is 17.2 Å². The molecule has 0 aliphatic heterocycles. The first kappa shape index (κ1) is 36.1. The summed E-state index contributed by atoms with van der Waals surface area (Å²) in [7, 11) is 0. The van der Waals surface area contributed by atoms with Gasteiger partial charge in [-0.15, -0.1) is 10.2 Å². The van der Waals surface area contributed by atoms with Gasteiger partial charge in [0.1, 0.15) is 11.3 Å². The van der Waals surface area contributed by atoms with Crippen LogP contribution in [0.4, 0.5) is 23.7 Å². The maximum absolute atomic E-state index is 14.1. The van der Waals surface area contributed by atoms with E-state index in [-0.39, 0.29) is 18.2 Å². The van der Waals surface area contributed by atoms with Gasteiger partial charge in [0.15, 0.2) is 0 Å². The highest BCUT2D eigenvalue weighted by Gasteiger charge is 2.36. The van der Waals surface area contributed by atoms with Crippen LogP contribution in [0.2, 0.25) is 0 Å². The van der Waals surface area contributed by atoms with Crippen LogP contribution in [0.3, 0.4) is 0 Å². The number of nitrogens with two attached hydrogens (primary N) is 1. The minimum absolute atomic E-state index is 0.109. The average Bonchev–Trinajstić information content (AvgIpc) is 3.63. The minimum atomic E-state index is -4.53. The molecule has 4 N–H and O–H groups in total. The fourth-order valence-corrected chi connectivity index (χ4v) is 5.82. The number of anilines is 1. The Morgan fingerprint density at radius 2 is 1.58 bits per heavy atom. The Hall–Kier alpha value is -5.18. The first-order valence-electron chi connectivity index (χ1n) is 16.2. The Morgan fingerprint density at radius 1 is 0.940 bits per heavy atom. The maximum Gasteiger partial charge on any atom is 0.433 e. The molecule has 0 spiro atoms. The van der Waals surface area contributed by atoms with Crippen molar-refractivity contribution in [2.75, 3.05) is 11.4 Å². The van der Waals surface area contributed by atoms with Gasteiger partial charge in [0.25, 0.3) is 5.91 Å². The molecule has 50 heavy (non-hydrogen) atoms. The van der Waals surface area contributed by atoms with E-state index in [4.69, 9.17) is 10.5 Å². The molecule has 2 aromatic carbocycles. The number of H-pyrrole nitrogens is 1. The number of hydrogen-bond acceptors (Lipinski definition) is 9. The second kappa shape index (κ2) is 15.2. The zero-order chi connectivity index (χ0) is 36.1. The summed E-state index contributed by atoms with van der Waals surface area (Å²) >= 11 is 0. The molecule has 1 aliphatic carbocycles. The molecule has 2 aromatic heterocycles. The van der Waals surface area contributed by atoms with Crippen molar-refractivity contribution in [2.45, 2.75) is 70.7 Å². The van der Waals surface area contributed by atoms with Crippen molar-refractivity contribution in [3.8, 4) is 22.5 Å². The molecule has 12 nitrogen and oxygen atoms in total. The van der Waals surface area contributed by atoms with Gasteiger partial charge in [-0.3, -0.25) is 14.6 Å². The summed E-state index contributed by atoms with van der Waals surface area (Å²) in [6.07, 6.45) is -1.34. The summed E-state index contributed by atoms with van der Waals surface area (Å²) in [6.45, 7) is 5.81. The minimum Gasteiger partial charge on any atom is -0.444 e. The third kappa shape index (κ3) is 9.28. The van der Waals surface area contributed by atoms with Crippen LogP contribution in [0.15, 0.2) is 66.9 Å². The topological polar surface area (TPSA) is 169 Å². The predicted octanol–water partition coefficient (Wildman–Crippen LogP) is 5.71. The van der Waals surface area contributed by atoms with E-state index < -0.39 is 41.4 Å². The van der Waals surface area contributed by atoms with Crippen LogP contribution in [0.1, 0.15) is 57.7 Å². The lowest BCUT2D eigenvalue weighted by molar-refractivity contribution is -0.141. The van der Waals surface area contributed by atoms with E-state index in [9.17, 15) is 27.6 Å². The van der Waals surface area contributed by atoms with Gasteiger partial charge in [0, 0.05) is 29.8 Å². The lowest BCUT2D eigenvalue weighted by atomic mass is 9.81. The lowest BCUT2D eigenvalue weighted by Gasteiger charge is -2.32. The Balaban J connectivity index is 1.28. The van der Waals surface area contributed by atoms with Gasteiger partial charge >= 0.3 is 12.3 Å². The van der Waals surface area contributed by atoms with Crippen molar-refractivity contribution < 1.29 is 32.3 Å². The maximum atomic E-state index is 14.1. The zero-order valence-corrected chi connectivity index (χ0v) is 27.9. The number of pyridine rings is 1. The SMILES string of the molecule is CC(C)(C)OC(=O)NCC1CCC(C(=O)N(C(=O)[C@@H](N)Cc2ccc(-c3ccc(C(F)(F)F)nc3)cc2)c2ccc(-c3nn[nH]n3)cc2)CC1. The highest BCUT2D eigenvalue weighted by Crippen LogP contribution is 2.33. The number of hydrogen-bond donors (Lipinski definition) is 3. The standard InChI is InChI=1S/C35H39F3N8O4/c1-34(2,3)50-33(49)41-19-22-6-10-25(11-7-22)31(47)46(27-15-12-24(13-16-27)30-42-44-45-43-30)32(48)28(39)18-21-4-8-23(9-5-21)26-14-17-29(40-20-26)35(36,37)38/h4-5,8-9,12-17,20,22,25,28H,6-7,10-11,18-19,39H2,1-3H3,(H,41,49)(H,42,43,44,45)/t22?,25?,28-/m0/s1. The molecule has 1 fully saturated rings. The van der Waals surface area contributed by atoms with Crippen molar-refractivity contribution >= 4 is 23.6 Å². The molecule has 1 atom stereocenters. The highest BCUT2D eigenvalue weighted by molar-refractivity contribution is 6.17. The number of alkyl carbamates (subject to hydrolysis) is 1. The van der Waals surface area contributed by atoms with Crippen LogP contribution < -0.4 is 16.0 Å². The molecule has 4 aromatic rings. The molecule has 3 amide bonds. The number of tetrazole rings is 1. The Morgan fingerprint density at radius 3 is 2.14 bits per heavy atom. The van der Waals surface area contributed by atoms with Crippen LogP contribution in [0.25, 0.3) is 22.5 Å². The number of nitrogens with zero attached hydrogens (tertiary/aromatic N) is 5. The molecule has 2 heterocycles. The number of halogens is 3. The van der Waals surface area contributed by atoms with Crippen molar-refractivity contribution in [1.29, 1.82) is 0 Å². The number of nitrogens with one attached hydrogen (secondary N) is 2. The number of ether oxygens (including phenoxy) is 1. The van der Waals surface area contributed by atoms with E-state index in [1.807, 2.05) is 0 Å². The summed E-state index contributed by atoms with van der Waals surface area (Å²) < 4.78 is 44.1. The summed E-state index contributed by atoms with van der Waals surface area (Å²) in [5, 5.41) is 16.7. The average molecular weight is 693 g/mol. The summed E-state index contributed by atoms with van der Waals surface area (Å²) in [6, 6.07) is 14.7. The third-order valence-electron chi connectivity index (χ3n) is 8.41. The number of aromatic nitrogens is 5. The van der Waals surface area contributed by atoms with Gasteiger partial charge in [0.2, 0.25) is 11.7 Å². The summed E-state index contributed by atoms with van der Waals surface area (Å²) in [4.78, 5) is 44.8. The van der Waals surface area contributed by atoms with Crippen LogP contribution in [0.5, 0.6) is 0 Å². The molecule has 0 saturated heterocycles. The van der Waals surface area contributed by atoms with Crippen molar-refractivity contribution in [3.63, 3.8) is 0 Å². The van der Waals surface area contributed by atoms with E-state index in [1.54, 1.807) is 69.3 Å².